The van der Waals surface area contributed by atoms with Gasteiger partial charge in [-0.2, -0.15) is 4.31 Å². The van der Waals surface area contributed by atoms with Crippen molar-refractivity contribution in [2.24, 2.45) is 0 Å². The quantitative estimate of drug-likeness (QED) is 0.800. The van der Waals surface area contributed by atoms with Crippen molar-refractivity contribution in [3.05, 3.63) is 35.9 Å². The molecule has 0 atom stereocenters. The maximum atomic E-state index is 12.1. The van der Waals surface area contributed by atoms with E-state index in [1.807, 2.05) is 6.07 Å². The third kappa shape index (κ3) is 3.16. The zero-order valence-corrected chi connectivity index (χ0v) is 12.3. The van der Waals surface area contributed by atoms with Gasteiger partial charge in [-0.25, -0.2) is 16.8 Å². The minimum Gasteiger partial charge on any atom is -0.228 e. The van der Waals surface area contributed by atoms with Crippen LogP contribution in [0.25, 0.3) is 0 Å². The lowest BCUT2D eigenvalue weighted by Crippen LogP contribution is -2.57. The van der Waals surface area contributed by atoms with Gasteiger partial charge in [-0.05, 0) is 5.56 Å². The van der Waals surface area contributed by atoms with E-state index >= 15 is 0 Å². The number of hydrogen-bond donors (Lipinski definition) is 0. The topological polar surface area (TPSA) is 71.5 Å². The molecule has 0 spiro atoms. The Morgan fingerprint density at radius 1 is 1.11 bits per heavy atom. The van der Waals surface area contributed by atoms with Crippen molar-refractivity contribution in [3.63, 3.8) is 0 Å². The van der Waals surface area contributed by atoms with E-state index < -0.39 is 25.1 Å². The van der Waals surface area contributed by atoms with Gasteiger partial charge >= 0.3 is 0 Å². The molecule has 0 bridgehead atoms. The van der Waals surface area contributed by atoms with E-state index in [2.05, 4.69) is 0 Å². The van der Waals surface area contributed by atoms with Crippen LogP contribution in [0.2, 0.25) is 0 Å². The van der Waals surface area contributed by atoms with E-state index in [9.17, 15) is 16.8 Å². The summed E-state index contributed by atoms with van der Waals surface area (Å²) in [5.74, 6) is -0.0169. The second-order valence-corrected chi connectivity index (χ2v) is 9.17. The van der Waals surface area contributed by atoms with Crippen molar-refractivity contribution in [1.29, 1.82) is 0 Å². The van der Waals surface area contributed by atoms with Gasteiger partial charge in [-0.1, -0.05) is 37.3 Å². The fourth-order valence-corrected chi connectivity index (χ4v) is 5.05. The SMILES string of the molecule is CCS(=O)(=O)C1CN(S(=O)(=O)Cc2ccccc2)C1. The molecule has 5 nitrogen and oxygen atoms in total. The van der Waals surface area contributed by atoms with Crippen molar-refractivity contribution < 1.29 is 16.8 Å². The van der Waals surface area contributed by atoms with Crippen molar-refractivity contribution in [3.8, 4) is 0 Å². The Balaban J connectivity index is 2.01. The molecule has 0 aliphatic carbocycles. The Hall–Kier alpha value is -0.920. The number of nitrogens with zero attached hydrogens (tertiary/aromatic N) is 1. The molecule has 1 aliphatic rings. The van der Waals surface area contributed by atoms with Crippen LogP contribution in [0.1, 0.15) is 12.5 Å². The predicted molar refractivity (Wildman–Crippen MR) is 73.9 cm³/mol. The van der Waals surface area contributed by atoms with E-state index in [1.54, 1.807) is 31.2 Å². The number of benzene rings is 1. The van der Waals surface area contributed by atoms with Crippen LogP contribution in [0.15, 0.2) is 30.3 Å². The number of sulfone groups is 1. The molecular formula is C12H17NO4S2. The average Bonchev–Trinajstić information content (AvgIpc) is 2.26. The summed E-state index contributed by atoms with van der Waals surface area (Å²) in [7, 11) is -6.54. The van der Waals surface area contributed by atoms with Crippen molar-refractivity contribution in [2.45, 2.75) is 17.9 Å². The Morgan fingerprint density at radius 3 is 2.21 bits per heavy atom. The highest BCUT2D eigenvalue weighted by atomic mass is 32.2. The van der Waals surface area contributed by atoms with E-state index in [1.165, 1.54) is 4.31 Å². The summed E-state index contributed by atoms with van der Waals surface area (Å²) < 4.78 is 48.6. The third-order valence-corrected chi connectivity index (χ3v) is 7.21. The number of hydrogen-bond acceptors (Lipinski definition) is 4. The van der Waals surface area contributed by atoms with Crippen LogP contribution in [0, 0.1) is 0 Å². The molecule has 1 aliphatic heterocycles. The van der Waals surface area contributed by atoms with Crippen LogP contribution in [0.4, 0.5) is 0 Å². The van der Waals surface area contributed by atoms with E-state index in [4.69, 9.17) is 0 Å². The molecule has 0 radical (unpaired) electrons. The summed E-state index contributed by atoms with van der Waals surface area (Å²) in [6, 6.07) is 8.88. The fourth-order valence-electron chi connectivity index (χ4n) is 1.97. The van der Waals surface area contributed by atoms with Gasteiger partial charge in [0, 0.05) is 18.8 Å². The van der Waals surface area contributed by atoms with Crippen molar-refractivity contribution in [1.82, 2.24) is 4.31 Å². The molecule has 1 aromatic rings. The van der Waals surface area contributed by atoms with Gasteiger partial charge in [0.05, 0.1) is 11.0 Å². The molecule has 0 saturated carbocycles. The van der Waals surface area contributed by atoms with Gasteiger partial charge in [0.15, 0.2) is 9.84 Å². The van der Waals surface area contributed by atoms with Gasteiger partial charge in [-0.3, -0.25) is 0 Å². The molecule has 106 valence electrons. The van der Waals surface area contributed by atoms with Gasteiger partial charge in [0.2, 0.25) is 10.0 Å². The molecule has 1 aromatic carbocycles. The fraction of sp³-hybridized carbons (Fsp3) is 0.500. The average molecular weight is 303 g/mol. The summed E-state index contributed by atoms with van der Waals surface area (Å²) in [5.41, 5.74) is 0.712. The summed E-state index contributed by atoms with van der Waals surface area (Å²) >= 11 is 0. The minimum atomic E-state index is -3.41. The lowest BCUT2D eigenvalue weighted by Gasteiger charge is -2.37. The van der Waals surface area contributed by atoms with E-state index in [-0.39, 0.29) is 24.6 Å². The zero-order chi connectivity index (χ0) is 14.1. The summed E-state index contributed by atoms with van der Waals surface area (Å²) in [4.78, 5) is 0. The van der Waals surface area contributed by atoms with Crippen LogP contribution in [-0.4, -0.2) is 45.2 Å². The molecule has 7 heteroatoms. The first-order valence-electron chi connectivity index (χ1n) is 6.08. The summed E-state index contributed by atoms with van der Waals surface area (Å²) in [5, 5.41) is -0.539. The van der Waals surface area contributed by atoms with Crippen LogP contribution in [0.5, 0.6) is 0 Å². The van der Waals surface area contributed by atoms with Crippen LogP contribution in [-0.2, 0) is 25.6 Å². The van der Waals surface area contributed by atoms with Crippen molar-refractivity contribution >= 4 is 19.9 Å². The minimum absolute atomic E-state index is 0.0598. The first kappa shape index (κ1) is 14.5. The van der Waals surface area contributed by atoms with Crippen LogP contribution in [0.3, 0.4) is 0 Å². The first-order valence-corrected chi connectivity index (χ1v) is 9.41. The van der Waals surface area contributed by atoms with Gasteiger partial charge in [-0.15, -0.1) is 0 Å². The normalized spacial score (nSPS) is 18.2. The van der Waals surface area contributed by atoms with E-state index in [0.29, 0.717) is 5.56 Å². The first-order chi connectivity index (χ1) is 8.85. The largest absolute Gasteiger partial charge is 0.228 e. The molecule has 0 amide bonds. The van der Waals surface area contributed by atoms with Crippen LogP contribution >= 0.6 is 0 Å². The molecule has 1 heterocycles. The zero-order valence-electron chi connectivity index (χ0n) is 10.7. The molecule has 19 heavy (non-hydrogen) atoms. The maximum Gasteiger partial charge on any atom is 0.218 e. The monoisotopic (exact) mass is 303 g/mol. The molecule has 2 rings (SSSR count). The third-order valence-electron chi connectivity index (χ3n) is 3.31. The highest BCUT2D eigenvalue weighted by molar-refractivity contribution is 7.92. The standard InChI is InChI=1S/C12H17NO4S2/c1-2-18(14,15)12-8-13(9-12)19(16,17)10-11-6-4-3-5-7-11/h3-7,12H,2,8-10H2,1H3. The molecule has 1 fully saturated rings. The lowest BCUT2D eigenvalue weighted by molar-refractivity contribution is 0.309. The summed E-state index contributed by atoms with van der Waals surface area (Å²) in [6.45, 7) is 1.76. The van der Waals surface area contributed by atoms with Gasteiger partial charge in [0.25, 0.3) is 0 Å². The Bertz CT molecular complexity index is 632. The van der Waals surface area contributed by atoms with Gasteiger partial charge in [0.1, 0.15) is 0 Å². The highest BCUT2D eigenvalue weighted by Crippen LogP contribution is 2.22. The van der Waals surface area contributed by atoms with E-state index in [0.717, 1.165) is 0 Å². The second-order valence-electron chi connectivity index (χ2n) is 4.63. The second kappa shape index (κ2) is 5.22. The summed E-state index contributed by atoms with van der Waals surface area (Å²) in [6.07, 6.45) is 0. The predicted octanol–water partition coefficient (Wildman–Crippen LogP) is 0.635. The molecule has 0 aromatic heterocycles. The Labute approximate surface area is 114 Å². The number of sulfonamides is 1. The smallest absolute Gasteiger partial charge is 0.218 e. The number of rotatable bonds is 5. The molecular weight excluding hydrogens is 286 g/mol. The Morgan fingerprint density at radius 2 is 1.68 bits per heavy atom. The van der Waals surface area contributed by atoms with Crippen molar-refractivity contribution in [2.75, 3.05) is 18.8 Å². The van der Waals surface area contributed by atoms with Crippen LogP contribution < -0.4 is 0 Å². The highest BCUT2D eigenvalue weighted by Gasteiger charge is 2.41. The van der Waals surface area contributed by atoms with Gasteiger partial charge < -0.3 is 0 Å². The lowest BCUT2D eigenvalue weighted by atomic mass is 10.2. The molecule has 1 saturated heterocycles. The Kier molecular flexibility index (Phi) is 3.98. The maximum absolute atomic E-state index is 12.1. The molecule has 0 N–H and O–H groups in total. The molecule has 0 unspecified atom stereocenters.